The lowest BCUT2D eigenvalue weighted by Gasteiger charge is -2.36. The maximum Gasteiger partial charge on any atom is 0.227 e. The fourth-order valence-electron chi connectivity index (χ4n) is 3.84. The fraction of sp³-hybridized carbons (Fsp3) is 0.476. The number of rotatable bonds is 4. The Morgan fingerprint density at radius 2 is 1.50 bits per heavy atom. The molecule has 2 fully saturated rings. The first kappa shape index (κ1) is 20.8. The summed E-state index contributed by atoms with van der Waals surface area (Å²) in [7, 11) is 2.13. The Morgan fingerprint density at radius 1 is 0.933 bits per heavy atom. The van der Waals surface area contributed by atoms with E-state index in [9.17, 15) is 9.18 Å². The van der Waals surface area contributed by atoms with Gasteiger partial charge in [0, 0.05) is 62.9 Å². The molecule has 0 atom stereocenters. The number of amides is 1. The van der Waals surface area contributed by atoms with E-state index in [1.165, 1.54) is 6.07 Å². The van der Waals surface area contributed by atoms with Crippen molar-refractivity contribution in [2.75, 3.05) is 69.2 Å². The van der Waals surface area contributed by atoms with Crippen LogP contribution in [0.4, 0.5) is 16.0 Å². The molecule has 160 valence electrons. The Labute approximate surface area is 181 Å². The number of piperazine rings is 2. The zero-order chi connectivity index (χ0) is 21.1. The Kier molecular flexibility index (Phi) is 6.34. The van der Waals surface area contributed by atoms with E-state index in [4.69, 9.17) is 11.6 Å². The van der Waals surface area contributed by atoms with Crippen molar-refractivity contribution in [3.05, 3.63) is 46.7 Å². The van der Waals surface area contributed by atoms with Crippen LogP contribution in [0.2, 0.25) is 5.02 Å². The number of hydrogen-bond acceptors (Lipinski definition) is 6. The summed E-state index contributed by atoms with van der Waals surface area (Å²) in [5.74, 6) is 1.17. The molecule has 0 N–H and O–H groups in total. The van der Waals surface area contributed by atoms with Gasteiger partial charge in [0.2, 0.25) is 5.91 Å². The van der Waals surface area contributed by atoms with Crippen molar-refractivity contribution in [2.24, 2.45) is 0 Å². The first-order chi connectivity index (χ1) is 14.5. The predicted molar refractivity (Wildman–Crippen MR) is 116 cm³/mol. The lowest BCUT2D eigenvalue weighted by molar-refractivity contribution is -0.130. The Hall–Kier alpha value is -2.45. The molecule has 1 aromatic carbocycles. The van der Waals surface area contributed by atoms with Gasteiger partial charge in [0.05, 0.1) is 6.42 Å². The highest BCUT2D eigenvalue weighted by molar-refractivity contribution is 6.31. The summed E-state index contributed by atoms with van der Waals surface area (Å²) in [6, 6.07) is 8.50. The zero-order valence-electron chi connectivity index (χ0n) is 17.1. The third kappa shape index (κ3) is 4.65. The summed E-state index contributed by atoms with van der Waals surface area (Å²) < 4.78 is 14.0. The van der Waals surface area contributed by atoms with Crippen LogP contribution in [-0.2, 0) is 11.2 Å². The van der Waals surface area contributed by atoms with Gasteiger partial charge in [-0.1, -0.05) is 17.7 Å². The third-order valence-electron chi connectivity index (χ3n) is 5.81. The van der Waals surface area contributed by atoms with E-state index in [1.54, 1.807) is 17.0 Å². The largest absolute Gasteiger partial charge is 0.353 e. The van der Waals surface area contributed by atoms with Gasteiger partial charge < -0.3 is 19.6 Å². The van der Waals surface area contributed by atoms with Crippen LogP contribution in [0.5, 0.6) is 0 Å². The van der Waals surface area contributed by atoms with Crippen molar-refractivity contribution in [2.45, 2.75) is 6.42 Å². The maximum absolute atomic E-state index is 14.0. The molecule has 0 saturated carbocycles. The molecule has 1 aromatic heterocycles. The van der Waals surface area contributed by atoms with Gasteiger partial charge in [-0.25, -0.2) is 4.39 Å². The second-order valence-electron chi connectivity index (χ2n) is 7.78. The molecular formula is C21H26ClFN6O. The Bertz CT molecular complexity index is 859. The highest BCUT2D eigenvalue weighted by Gasteiger charge is 2.24. The SMILES string of the molecule is CN1CCN(c2ccc(N3CCN(C(=O)Cc4c(F)cccc4Cl)CC3)nn2)CC1. The van der Waals surface area contributed by atoms with Gasteiger partial charge >= 0.3 is 0 Å². The Morgan fingerprint density at radius 3 is 2.03 bits per heavy atom. The predicted octanol–water partition coefficient (Wildman–Crippen LogP) is 1.91. The molecule has 2 aromatic rings. The minimum absolute atomic E-state index is 0.0228. The first-order valence-corrected chi connectivity index (χ1v) is 10.6. The number of nitrogens with zero attached hydrogens (tertiary/aromatic N) is 6. The number of carbonyl (C=O) groups excluding carboxylic acids is 1. The van der Waals surface area contributed by atoms with E-state index in [0.29, 0.717) is 26.2 Å². The van der Waals surface area contributed by atoms with E-state index in [2.05, 4.69) is 31.9 Å². The van der Waals surface area contributed by atoms with Crippen molar-refractivity contribution in [3.8, 4) is 0 Å². The van der Waals surface area contributed by atoms with Gasteiger partial charge in [-0.3, -0.25) is 4.79 Å². The minimum atomic E-state index is -0.440. The van der Waals surface area contributed by atoms with Crippen LogP contribution in [0.1, 0.15) is 5.56 Å². The molecule has 0 unspecified atom stereocenters. The molecule has 2 saturated heterocycles. The molecular weight excluding hydrogens is 407 g/mol. The molecule has 0 aliphatic carbocycles. The van der Waals surface area contributed by atoms with E-state index in [0.717, 1.165) is 37.8 Å². The van der Waals surface area contributed by atoms with Gasteiger partial charge in [-0.2, -0.15) is 0 Å². The van der Waals surface area contributed by atoms with Crippen LogP contribution in [0, 0.1) is 5.82 Å². The monoisotopic (exact) mass is 432 g/mol. The molecule has 2 aliphatic heterocycles. The van der Waals surface area contributed by atoms with Crippen LogP contribution in [0.15, 0.2) is 30.3 Å². The van der Waals surface area contributed by atoms with Crippen molar-refractivity contribution >= 4 is 29.1 Å². The highest BCUT2D eigenvalue weighted by atomic mass is 35.5. The van der Waals surface area contributed by atoms with Gasteiger partial charge in [0.15, 0.2) is 11.6 Å². The summed E-state index contributed by atoms with van der Waals surface area (Å²) in [5, 5.41) is 9.11. The lowest BCUT2D eigenvalue weighted by atomic mass is 10.1. The van der Waals surface area contributed by atoms with Gasteiger partial charge in [0.25, 0.3) is 0 Å². The number of anilines is 2. The molecule has 0 bridgehead atoms. The third-order valence-corrected chi connectivity index (χ3v) is 6.16. The average Bonchev–Trinajstić information content (AvgIpc) is 2.77. The first-order valence-electron chi connectivity index (χ1n) is 10.2. The van der Waals surface area contributed by atoms with Crippen molar-refractivity contribution in [1.29, 1.82) is 0 Å². The summed E-state index contributed by atoms with van der Waals surface area (Å²) >= 11 is 6.05. The summed E-state index contributed by atoms with van der Waals surface area (Å²) in [6.45, 7) is 6.42. The van der Waals surface area contributed by atoms with Crippen LogP contribution in [0.25, 0.3) is 0 Å². The highest BCUT2D eigenvalue weighted by Crippen LogP contribution is 2.21. The van der Waals surface area contributed by atoms with Crippen LogP contribution >= 0.6 is 11.6 Å². The molecule has 2 aliphatic rings. The molecule has 7 nitrogen and oxygen atoms in total. The van der Waals surface area contributed by atoms with Crippen LogP contribution < -0.4 is 9.80 Å². The quantitative estimate of drug-likeness (QED) is 0.735. The Balaban J connectivity index is 1.31. The molecule has 9 heteroatoms. The van der Waals surface area contributed by atoms with Crippen molar-refractivity contribution < 1.29 is 9.18 Å². The number of halogens is 2. The summed E-state index contributed by atoms with van der Waals surface area (Å²) in [5.41, 5.74) is 0.261. The van der Waals surface area contributed by atoms with Gasteiger partial charge in [-0.15, -0.1) is 10.2 Å². The maximum atomic E-state index is 14.0. The van der Waals surface area contributed by atoms with Gasteiger partial charge in [-0.05, 0) is 31.3 Å². The number of likely N-dealkylation sites (N-methyl/N-ethyl adjacent to an activating group) is 1. The van der Waals surface area contributed by atoms with E-state index >= 15 is 0 Å². The summed E-state index contributed by atoms with van der Waals surface area (Å²) in [6.07, 6.45) is -0.0228. The number of carbonyl (C=O) groups is 1. The van der Waals surface area contributed by atoms with Crippen molar-refractivity contribution in [3.63, 3.8) is 0 Å². The normalized spacial score (nSPS) is 18.0. The fourth-order valence-corrected chi connectivity index (χ4v) is 4.07. The van der Waals surface area contributed by atoms with Gasteiger partial charge in [0.1, 0.15) is 5.82 Å². The van der Waals surface area contributed by atoms with E-state index in [-0.39, 0.29) is 22.9 Å². The second kappa shape index (κ2) is 9.14. The average molecular weight is 433 g/mol. The topological polar surface area (TPSA) is 55.8 Å². The second-order valence-corrected chi connectivity index (χ2v) is 8.19. The molecule has 0 radical (unpaired) electrons. The zero-order valence-corrected chi connectivity index (χ0v) is 17.9. The van der Waals surface area contributed by atoms with E-state index < -0.39 is 5.82 Å². The van der Waals surface area contributed by atoms with Crippen LogP contribution in [0.3, 0.4) is 0 Å². The summed E-state index contributed by atoms with van der Waals surface area (Å²) in [4.78, 5) is 21.0. The lowest BCUT2D eigenvalue weighted by Crippen LogP contribution is -2.49. The number of benzene rings is 1. The molecule has 3 heterocycles. The smallest absolute Gasteiger partial charge is 0.227 e. The van der Waals surface area contributed by atoms with Crippen LogP contribution in [-0.4, -0.2) is 85.3 Å². The number of hydrogen-bond donors (Lipinski definition) is 0. The number of aromatic nitrogens is 2. The van der Waals surface area contributed by atoms with E-state index in [1.807, 2.05) is 12.1 Å². The molecule has 0 spiro atoms. The minimum Gasteiger partial charge on any atom is -0.353 e. The standard InChI is InChI=1S/C21H26ClFN6O/c1-26-7-9-27(10-8-26)19-5-6-20(25-24-19)28-11-13-29(14-12-28)21(30)15-16-17(22)3-2-4-18(16)23/h2-6H,7-15H2,1H3. The molecule has 4 rings (SSSR count). The van der Waals surface area contributed by atoms with Crippen molar-refractivity contribution in [1.82, 2.24) is 20.0 Å². The molecule has 1 amide bonds. The molecule has 30 heavy (non-hydrogen) atoms.